The SMILES string of the molecule is COC(=O)CC(C)NC(=O)C1CC(F)(F)CN1.Cl. The molecule has 0 radical (unpaired) electrons. The normalized spacial score (nSPS) is 22.8. The molecule has 1 fully saturated rings. The van der Waals surface area contributed by atoms with Gasteiger partial charge < -0.3 is 10.1 Å². The molecule has 0 aliphatic carbocycles. The highest BCUT2D eigenvalue weighted by atomic mass is 35.5. The minimum atomic E-state index is -2.84. The molecule has 106 valence electrons. The monoisotopic (exact) mass is 286 g/mol. The number of amides is 1. The lowest BCUT2D eigenvalue weighted by Crippen LogP contribution is -2.44. The first-order chi connectivity index (χ1) is 7.84. The maximum atomic E-state index is 12.8. The number of hydrogen-bond acceptors (Lipinski definition) is 4. The van der Waals surface area contributed by atoms with Crippen LogP contribution in [0.25, 0.3) is 0 Å². The number of halogens is 3. The summed E-state index contributed by atoms with van der Waals surface area (Å²) in [6, 6.07) is -1.34. The van der Waals surface area contributed by atoms with Gasteiger partial charge >= 0.3 is 5.97 Å². The number of carbonyl (C=O) groups excluding carboxylic acids is 2. The summed E-state index contributed by atoms with van der Waals surface area (Å²) in [5, 5.41) is 4.93. The second-order valence-electron chi connectivity index (χ2n) is 4.18. The van der Waals surface area contributed by atoms with Gasteiger partial charge in [-0.05, 0) is 6.92 Å². The summed E-state index contributed by atoms with van der Waals surface area (Å²) in [6.45, 7) is 1.12. The maximum absolute atomic E-state index is 12.8. The highest BCUT2D eigenvalue weighted by molar-refractivity contribution is 5.85. The van der Waals surface area contributed by atoms with Crippen molar-refractivity contribution >= 4 is 24.3 Å². The number of esters is 1. The van der Waals surface area contributed by atoms with Gasteiger partial charge in [-0.15, -0.1) is 12.4 Å². The van der Waals surface area contributed by atoms with Gasteiger partial charge in [-0.1, -0.05) is 0 Å². The molecule has 1 rings (SSSR count). The van der Waals surface area contributed by atoms with Crippen LogP contribution < -0.4 is 10.6 Å². The zero-order valence-corrected chi connectivity index (χ0v) is 11.0. The first-order valence-electron chi connectivity index (χ1n) is 5.32. The van der Waals surface area contributed by atoms with Crippen molar-refractivity contribution in [3.8, 4) is 0 Å². The van der Waals surface area contributed by atoms with Crippen LogP contribution in [0.3, 0.4) is 0 Å². The molecule has 18 heavy (non-hydrogen) atoms. The van der Waals surface area contributed by atoms with E-state index in [0.29, 0.717) is 0 Å². The smallest absolute Gasteiger partial charge is 0.307 e. The minimum absolute atomic E-state index is 0. The van der Waals surface area contributed by atoms with E-state index >= 15 is 0 Å². The van der Waals surface area contributed by atoms with Crippen molar-refractivity contribution in [3.63, 3.8) is 0 Å². The predicted molar refractivity (Wildman–Crippen MR) is 62.8 cm³/mol. The average molecular weight is 287 g/mol. The summed E-state index contributed by atoms with van der Waals surface area (Å²) >= 11 is 0. The van der Waals surface area contributed by atoms with Crippen LogP contribution in [0.1, 0.15) is 19.8 Å². The molecule has 1 aliphatic rings. The standard InChI is InChI=1S/C10H16F2N2O3.ClH/c1-6(3-8(15)17-2)14-9(16)7-4-10(11,12)5-13-7;/h6-7,13H,3-5H2,1-2H3,(H,14,16);1H. The van der Waals surface area contributed by atoms with Crippen LogP contribution in [-0.2, 0) is 14.3 Å². The molecule has 8 heteroatoms. The van der Waals surface area contributed by atoms with Crippen molar-refractivity contribution in [2.75, 3.05) is 13.7 Å². The van der Waals surface area contributed by atoms with E-state index in [2.05, 4.69) is 15.4 Å². The minimum Gasteiger partial charge on any atom is -0.469 e. The van der Waals surface area contributed by atoms with Gasteiger partial charge in [0.2, 0.25) is 5.91 Å². The summed E-state index contributed by atoms with van der Waals surface area (Å²) in [4.78, 5) is 22.5. The third-order valence-corrected chi connectivity index (χ3v) is 2.52. The Hall–Kier alpha value is -0.950. The van der Waals surface area contributed by atoms with E-state index in [9.17, 15) is 18.4 Å². The van der Waals surface area contributed by atoms with Crippen LogP contribution >= 0.6 is 12.4 Å². The maximum Gasteiger partial charge on any atom is 0.307 e. The molecule has 1 saturated heterocycles. The van der Waals surface area contributed by atoms with E-state index < -0.39 is 42.8 Å². The molecule has 0 aromatic heterocycles. The molecule has 2 N–H and O–H groups in total. The van der Waals surface area contributed by atoms with E-state index in [-0.39, 0.29) is 18.8 Å². The van der Waals surface area contributed by atoms with Gasteiger partial charge in [0.1, 0.15) is 0 Å². The van der Waals surface area contributed by atoms with Crippen molar-refractivity contribution < 1.29 is 23.1 Å². The van der Waals surface area contributed by atoms with Gasteiger partial charge in [0.05, 0.1) is 26.1 Å². The average Bonchev–Trinajstić information content (AvgIpc) is 2.58. The Labute approximate surface area is 110 Å². The Morgan fingerprint density at radius 2 is 2.17 bits per heavy atom. The van der Waals surface area contributed by atoms with E-state index in [0.717, 1.165) is 0 Å². The first-order valence-corrected chi connectivity index (χ1v) is 5.32. The number of carbonyl (C=O) groups is 2. The fraction of sp³-hybridized carbons (Fsp3) is 0.800. The number of hydrogen-bond donors (Lipinski definition) is 2. The molecule has 0 saturated carbocycles. The van der Waals surface area contributed by atoms with Crippen LogP contribution in [-0.4, -0.2) is 43.5 Å². The lowest BCUT2D eigenvalue weighted by Gasteiger charge is -2.16. The molecule has 5 nitrogen and oxygen atoms in total. The molecule has 1 amide bonds. The van der Waals surface area contributed by atoms with Gasteiger partial charge in [-0.2, -0.15) is 0 Å². The summed E-state index contributed by atoms with van der Waals surface area (Å²) in [5.74, 6) is -3.81. The second-order valence-corrected chi connectivity index (χ2v) is 4.18. The van der Waals surface area contributed by atoms with Crippen LogP contribution in [0.4, 0.5) is 8.78 Å². The molecule has 0 aromatic rings. The van der Waals surface area contributed by atoms with Crippen LogP contribution in [0.15, 0.2) is 0 Å². The Morgan fingerprint density at radius 3 is 2.61 bits per heavy atom. The number of alkyl halides is 2. The molecule has 1 heterocycles. The zero-order chi connectivity index (χ0) is 13.1. The lowest BCUT2D eigenvalue weighted by molar-refractivity contribution is -0.141. The molecular weight excluding hydrogens is 270 g/mol. The molecule has 0 spiro atoms. The van der Waals surface area contributed by atoms with E-state index in [1.807, 2.05) is 0 Å². The number of nitrogens with one attached hydrogen (secondary N) is 2. The Bertz CT molecular complexity index is 315. The molecule has 2 atom stereocenters. The number of ether oxygens (including phenoxy) is 1. The topological polar surface area (TPSA) is 67.4 Å². The van der Waals surface area contributed by atoms with Gasteiger partial charge in [-0.25, -0.2) is 8.78 Å². The Kier molecular flexibility index (Phi) is 6.48. The molecule has 0 bridgehead atoms. The van der Waals surface area contributed by atoms with E-state index in [1.54, 1.807) is 6.92 Å². The summed E-state index contributed by atoms with van der Waals surface area (Å²) < 4.78 is 30.1. The van der Waals surface area contributed by atoms with E-state index in [1.165, 1.54) is 7.11 Å². The van der Waals surface area contributed by atoms with Gasteiger partial charge in [-0.3, -0.25) is 14.9 Å². The van der Waals surface area contributed by atoms with Crippen molar-refractivity contribution in [2.45, 2.75) is 37.8 Å². The van der Waals surface area contributed by atoms with Gasteiger partial charge in [0.25, 0.3) is 5.92 Å². The fourth-order valence-electron chi connectivity index (χ4n) is 1.63. The van der Waals surface area contributed by atoms with E-state index in [4.69, 9.17) is 0 Å². The summed E-state index contributed by atoms with van der Waals surface area (Å²) in [6.07, 6.45) is -0.491. The van der Waals surface area contributed by atoms with Gasteiger partial charge in [0.15, 0.2) is 0 Å². The molecule has 2 unspecified atom stereocenters. The first kappa shape index (κ1) is 17.1. The van der Waals surface area contributed by atoms with Crippen LogP contribution in [0.2, 0.25) is 0 Å². The van der Waals surface area contributed by atoms with Crippen LogP contribution in [0, 0.1) is 0 Å². The Balaban J connectivity index is 0.00000289. The molecule has 0 aromatic carbocycles. The van der Waals surface area contributed by atoms with Crippen molar-refractivity contribution in [3.05, 3.63) is 0 Å². The fourth-order valence-corrected chi connectivity index (χ4v) is 1.63. The highest BCUT2D eigenvalue weighted by Gasteiger charge is 2.42. The van der Waals surface area contributed by atoms with Crippen LogP contribution in [0.5, 0.6) is 0 Å². The number of methoxy groups -OCH3 is 1. The quantitative estimate of drug-likeness (QED) is 0.738. The van der Waals surface area contributed by atoms with Crippen molar-refractivity contribution in [2.24, 2.45) is 0 Å². The molecular formula is C10H17ClF2N2O3. The predicted octanol–water partition coefficient (Wildman–Crippen LogP) is 0.473. The van der Waals surface area contributed by atoms with Crippen molar-refractivity contribution in [1.82, 2.24) is 10.6 Å². The summed E-state index contributed by atoms with van der Waals surface area (Å²) in [7, 11) is 1.25. The third kappa shape index (κ3) is 5.14. The Morgan fingerprint density at radius 1 is 1.56 bits per heavy atom. The van der Waals surface area contributed by atoms with Crippen molar-refractivity contribution in [1.29, 1.82) is 0 Å². The second kappa shape index (κ2) is 6.84. The largest absolute Gasteiger partial charge is 0.469 e. The summed E-state index contributed by atoms with van der Waals surface area (Å²) in [5.41, 5.74) is 0. The third-order valence-electron chi connectivity index (χ3n) is 2.52. The number of rotatable bonds is 4. The zero-order valence-electron chi connectivity index (χ0n) is 10.2. The van der Waals surface area contributed by atoms with Gasteiger partial charge in [0, 0.05) is 12.5 Å². The highest BCUT2D eigenvalue weighted by Crippen LogP contribution is 2.25. The lowest BCUT2D eigenvalue weighted by atomic mass is 10.1. The molecule has 1 aliphatic heterocycles.